The largest absolute Gasteiger partial charge is 0.396 e. The normalized spacial score (nSPS) is 19.4. The molecule has 1 saturated heterocycles. The summed E-state index contributed by atoms with van der Waals surface area (Å²) < 4.78 is 15.9. The molecule has 1 atom stereocenters. The lowest BCUT2D eigenvalue weighted by Gasteiger charge is -2.41. The van der Waals surface area contributed by atoms with Crippen LogP contribution in [0.2, 0.25) is 0 Å². The zero-order chi connectivity index (χ0) is 17.5. The van der Waals surface area contributed by atoms with Crippen molar-refractivity contribution in [2.45, 2.75) is 32.0 Å². The highest BCUT2D eigenvalue weighted by atomic mass is 19.1. The Morgan fingerprint density at radius 1 is 1.16 bits per heavy atom. The minimum atomic E-state index is -0.146. The highest BCUT2D eigenvalue weighted by Gasteiger charge is 2.26. The lowest BCUT2D eigenvalue weighted by atomic mass is 10.1. The molecule has 5 nitrogen and oxygen atoms in total. The van der Waals surface area contributed by atoms with Gasteiger partial charge in [0.15, 0.2) is 0 Å². The fourth-order valence-electron chi connectivity index (χ4n) is 3.53. The van der Waals surface area contributed by atoms with Crippen LogP contribution in [-0.2, 0) is 13.1 Å². The number of nitrogens with zero attached hydrogens (tertiary/aromatic N) is 4. The van der Waals surface area contributed by atoms with E-state index in [9.17, 15) is 9.50 Å². The summed E-state index contributed by atoms with van der Waals surface area (Å²) >= 11 is 0. The second-order valence-electron chi connectivity index (χ2n) is 6.65. The highest BCUT2D eigenvalue weighted by Crippen LogP contribution is 2.18. The zero-order valence-corrected chi connectivity index (χ0v) is 14.6. The van der Waals surface area contributed by atoms with Crippen LogP contribution in [0.3, 0.4) is 0 Å². The molecule has 1 aliphatic heterocycles. The minimum Gasteiger partial charge on any atom is -0.396 e. The number of aliphatic hydroxyl groups excluding tert-OH is 1. The molecule has 0 saturated carbocycles. The summed E-state index contributed by atoms with van der Waals surface area (Å²) in [4.78, 5) is 4.75. The molecule has 1 N–H and O–H groups in total. The maximum Gasteiger partial charge on any atom is 0.127 e. The van der Waals surface area contributed by atoms with Crippen molar-refractivity contribution in [3.05, 3.63) is 54.1 Å². The Hall–Kier alpha value is -1.76. The maximum atomic E-state index is 13.9. The number of aliphatic hydroxyl groups is 1. The van der Waals surface area contributed by atoms with Crippen molar-refractivity contribution in [2.75, 3.05) is 32.8 Å². The summed E-state index contributed by atoms with van der Waals surface area (Å²) in [5.74, 6) is -0.146. The van der Waals surface area contributed by atoms with Crippen molar-refractivity contribution < 1.29 is 9.50 Å². The second kappa shape index (κ2) is 9.08. The Bertz CT molecular complexity index is 634. The van der Waals surface area contributed by atoms with Crippen LogP contribution < -0.4 is 0 Å². The third-order valence-electron chi connectivity index (χ3n) is 4.90. The molecule has 25 heavy (non-hydrogen) atoms. The van der Waals surface area contributed by atoms with Gasteiger partial charge in [0.05, 0.1) is 0 Å². The molecular weight excluding hydrogens is 319 g/mol. The van der Waals surface area contributed by atoms with Crippen molar-refractivity contribution in [3.63, 3.8) is 0 Å². The summed E-state index contributed by atoms with van der Waals surface area (Å²) in [7, 11) is 0. The van der Waals surface area contributed by atoms with Gasteiger partial charge in [-0.05, 0) is 25.0 Å². The van der Waals surface area contributed by atoms with Gasteiger partial charge < -0.3 is 10.0 Å². The van der Waals surface area contributed by atoms with Crippen LogP contribution in [0.25, 0.3) is 0 Å². The smallest absolute Gasteiger partial charge is 0.127 e. The van der Waals surface area contributed by atoms with Gasteiger partial charge in [0.1, 0.15) is 5.82 Å². The van der Waals surface area contributed by atoms with Crippen LogP contribution in [-0.4, -0.2) is 63.5 Å². The molecule has 1 fully saturated rings. The number of halogens is 1. The molecule has 1 aliphatic rings. The van der Waals surface area contributed by atoms with E-state index in [1.165, 1.54) is 6.07 Å². The molecule has 136 valence electrons. The summed E-state index contributed by atoms with van der Waals surface area (Å²) in [6.45, 7) is 5.53. The fourth-order valence-corrected chi connectivity index (χ4v) is 3.53. The van der Waals surface area contributed by atoms with E-state index in [0.717, 1.165) is 51.1 Å². The van der Waals surface area contributed by atoms with Gasteiger partial charge >= 0.3 is 0 Å². The Morgan fingerprint density at radius 3 is 2.80 bits per heavy atom. The molecule has 1 unspecified atom stereocenters. The van der Waals surface area contributed by atoms with Gasteiger partial charge in [0.25, 0.3) is 0 Å². The quantitative estimate of drug-likeness (QED) is 0.794. The standard InChI is InChI=1S/C19H27FN4O/c20-19-6-2-1-5-17(19)15-23-13-12-22(16-18(23)7-14-25)9-4-11-24-10-3-8-21-24/h1-3,5-6,8,10,18,25H,4,7,9,11-16H2. The highest BCUT2D eigenvalue weighted by molar-refractivity contribution is 5.17. The predicted octanol–water partition coefficient (Wildman–Crippen LogP) is 1.98. The summed E-state index contributed by atoms with van der Waals surface area (Å²) in [6, 6.07) is 9.18. The maximum absolute atomic E-state index is 13.9. The van der Waals surface area contributed by atoms with Crippen molar-refractivity contribution >= 4 is 0 Å². The van der Waals surface area contributed by atoms with Crippen LogP contribution >= 0.6 is 0 Å². The molecule has 2 aromatic rings. The van der Waals surface area contributed by atoms with Crippen molar-refractivity contribution in [2.24, 2.45) is 0 Å². The van der Waals surface area contributed by atoms with Gasteiger partial charge in [-0.15, -0.1) is 0 Å². The monoisotopic (exact) mass is 346 g/mol. The average Bonchev–Trinajstić information content (AvgIpc) is 3.13. The van der Waals surface area contributed by atoms with E-state index in [2.05, 4.69) is 14.9 Å². The van der Waals surface area contributed by atoms with E-state index in [-0.39, 0.29) is 18.5 Å². The Labute approximate surface area is 148 Å². The predicted molar refractivity (Wildman–Crippen MR) is 95.6 cm³/mol. The molecule has 6 heteroatoms. The summed E-state index contributed by atoms with van der Waals surface area (Å²) in [6.07, 6.45) is 5.57. The number of benzene rings is 1. The fraction of sp³-hybridized carbons (Fsp3) is 0.526. The van der Waals surface area contributed by atoms with E-state index >= 15 is 0 Å². The van der Waals surface area contributed by atoms with Gasteiger partial charge in [-0.3, -0.25) is 9.58 Å². The third-order valence-corrected chi connectivity index (χ3v) is 4.90. The van der Waals surface area contributed by atoms with E-state index < -0.39 is 0 Å². The molecule has 0 aliphatic carbocycles. The van der Waals surface area contributed by atoms with Crippen LogP contribution in [0.4, 0.5) is 4.39 Å². The third kappa shape index (κ3) is 5.11. The van der Waals surface area contributed by atoms with Crippen LogP contribution in [0.5, 0.6) is 0 Å². The Balaban J connectivity index is 1.52. The summed E-state index contributed by atoms with van der Waals surface area (Å²) in [5, 5.41) is 13.6. The number of piperazine rings is 1. The lowest BCUT2D eigenvalue weighted by molar-refractivity contribution is 0.0519. The van der Waals surface area contributed by atoms with E-state index in [1.807, 2.05) is 29.1 Å². The van der Waals surface area contributed by atoms with Crippen molar-refractivity contribution in [1.82, 2.24) is 19.6 Å². The first-order valence-corrected chi connectivity index (χ1v) is 9.04. The first-order valence-electron chi connectivity index (χ1n) is 9.04. The molecular formula is C19H27FN4O. The van der Waals surface area contributed by atoms with E-state index in [0.29, 0.717) is 6.54 Å². The number of hydrogen-bond donors (Lipinski definition) is 1. The first kappa shape index (κ1) is 18.0. The van der Waals surface area contributed by atoms with Gasteiger partial charge in [-0.1, -0.05) is 18.2 Å². The number of rotatable bonds is 8. The molecule has 3 rings (SSSR count). The van der Waals surface area contributed by atoms with Crippen LogP contribution in [0, 0.1) is 5.82 Å². The number of hydrogen-bond acceptors (Lipinski definition) is 4. The SMILES string of the molecule is OCCC1CN(CCCn2cccn2)CCN1Cc1ccccc1F. The lowest BCUT2D eigenvalue weighted by Crippen LogP contribution is -2.53. The van der Waals surface area contributed by atoms with E-state index in [4.69, 9.17) is 0 Å². The summed E-state index contributed by atoms with van der Waals surface area (Å²) in [5.41, 5.74) is 0.734. The van der Waals surface area contributed by atoms with Crippen LogP contribution in [0.1, 0.15) is 18.4 Å². The zero-order valence-electron chi connectivity index (χ0n) is 14.6. The van der Waals surface area contributed by atoms with Gasteiger partial charge in [-0.2, -0.15) is 5.10 Å². The van der Waals surface area contributed by atoms with Crippen LogP contribution in [0.15, 0.2) is 42.7 Å². The molecule has 1 aromatic heterocycles. The number of aryl methyl sites for hydroxylation is 1. The second-order valence-corrected chi connectivity index (χ2v) is 6.65. The van der Waals surface area contributed by atoms with E-state index in [1.54, 1.807) is 12.3 Å². The number of aromatic nitrogens is 2. The average molecular weight is 346 g/mol. The Morgan fingerprint density at radius 2 is 2.04 bits per heavy atom. The molecule has 0 spiro atoms. The topological polar surface area (TPSA) is 44.5 Å². The molecule has 0 radical (unpaired) electrons. The molecule has 0 amide bonds. The molecule has 2 heterocycles. The van der Waals surface area contributed by atoms with Gasteiger partial charge in [0.2, 0.25) is 0 Å². The van der Waals surface area contributed by atoms with Gasteiger partial charge in [0, 0.05) is 69.9 Å². The van der Waals surface area contributed by atoms with Crippen molar-refractivity contribution in [3.8, 4) is 0 Å². The van der Waals surface area contributed by atoms with Crippen molar-refractivity contribution in [1.29, 1.82) is 0 Å². The minimum absolute atomic E-state index is 0.146. The molecule has 1 aromatic carbocycles. The Kier molecular flexibility index (Phi) is 6.55. The first-order chi connectivity index (χ1) is 12.3. The van der Waals surface area contributed by atoms with Gasteiger partial charge in [-0.25, -0.2) is 4.39 Å². The molecule has 0 bridgehead atoms.